The van der Waals surface area contributed by atoms with Crippen LogP contribution < -0.4 is 4.90 Å². The lowest BCUT2D eigenvalue weighted by Crippen LogP contribution is -2.55. The molecule has 2 rings (SSSR count). The predicted octanol–water partition coefficient (Wildman–Crippen LogP) is 2.35. The Morgan fingerprint density at radius 1 is 1.06 bits per heavy atom. The summed E-state index contributed by atoms with van der Waals surface area (Å²) in [7, 11) is 2.15. The van der Waals surface area contributed by atoms with Crippen molar-refractivity contribution in [2.24, 2.45) is 0 Å². The molecule has 0 saturated carbocycles. The first kappa shape index (κ1) is 11.4. The lowest BCUT2D eigenvalue weighted by atomic mass is 10.1. The van der Waals surface area contributed by atoms with Crippen molar-refractivity contribution >= 4 is 5.69 Å². The fourth-order valence-electron chi connectivity index (χ4n) is 2.71. The van der Waals surface area contributed by atoms with Gasteiger partial charge in [0.25, 0.3) is 0 Å². The van der Waals surface area contributed by atoms with Crippen LogP contribution in [0.3, 0.4) is 0 Å². The van der Waals surface area contributed by atoms with Gasteiger partial charge < -0.3 is 9.80 Å². The zero-order valence-corrected chi connectivity index (χ0v) is 10.2. The molecule has 0 bridgehead atoms. The Morgan fingerprint density at radius 3 is 2.06 bits per heavy atom. The van der Waals surface area contributed by atoms with Crippen molar-refractivity contribution in [2.75, 3.05) is 25.0 Å². The van der Waals surface area contributed by atoms with Gasteiger partial charge in [0, 0.05) is 30.9 Å². The van der Waals surface area contributed by atoms with Crippen LogP contribution in [0.25, 0.3) is 0 Å². The molecule has 0 aromatic heterocycles. The van der Waals surface area contributed by atoms with Crippen LogP contribution in [-0.2, 0) is 0 Å². The van der Waals surface area contributed by atoms with Crippen molar-refractivity contribution in [1.82, 2.24) is 4.90 Å². The van der Waals surface area contributed by atoms with E-state index in [4.69, 9.17) is 0 Å². The summed E-state index contributed by atoms with van der Waals surface area (Å²) in [6.45, 7) is 6.55. The van der Waals surface area contributed by atoms with Crippen LogP contribution in [-0.4, -0.2) is 37.1 Å². The first-order valence-electron chi connectivity index (χ1n) is 5.80. The Kier molecular flexibility index (Phi) is 3.15. The molecular formula is C13H19FN2. The van der Waals surface area contributed by atoms with Crippen LogP contribution in [0.5, 0.6) is 0 Å². The van der Waals surface area contributed by atoms with Crippen molar-refractivity contribution in [3.05, 3.63) is 30.1 Å². The second-order valence-corrected chi connectivity index (χ2v) is 4.80. The third kappa shape index (κ3) is 2.19. The molecule has 0 spiro atoms. The fraction of sp³-hybridized carbons (Fsp3) is 0.538. The maximum atomic E-state index is 12.9. The Balaban J connectivity index is 2.22. The van der Waals surface area contributed by atoms with Gasteiger partial charge in [-0.15, -0.1) is 0 Å². The zero-order valence-electron chi connectivity index (χ0n) is 10.2. The number of halogens is 1. The van der Waals surface area contributed by atoms with Gasteiger partial charge in [0.2, 0.25) is 0 Å². The summed E-state index contributed by atoms with van der Waals surface area (Å²) in [5.41, 5.74) is 1.12. The van der Waals surface area contributed by atoms with E-state index in [1.807, 2.05) is 12.1 Å². The molecule has 2 nitrogen and oxygen atoms in total. The number of nitrogens with zero attached hydrogens (tertiary/aromatic N) is 2. The average Bonchev–Trinajstić information content (AvgIpc) is 2.19. The van der Waals surface area contributed by atoms with Gasteiger partial charge in [-0.05, 0) is 45.2 Å². The van der Waals surface area contributed by atoms with E-state index in [2.05, 4.69) is 30.7 Å². The molecule has 1 saturated heterocycles. The van der Waals surface area contributed by atoms with Gasteiger partial charge in [0.05, 0.1) is 0 Å². The Labute approximate surface area is 96.7 Å². The van der Waals surface area contributed by atoms with Crippen LogP contribution in [0.1, 0.15) is 13.8 Å². The molecule has 2 atom stereocenters. The van der Waals surface area contributed by atoms with E-state index in [1.165, 1.54) is 12.1 Å². The Bertz CT molecular complexity index is 337. The summed E-state index contributed by atoms with van der Waals surface area (Å²) >= 11 is 0. The summed E-state index contributed by atoms with van der Waals surface area (Å²) < 4.78 is 12.9. The molecule has 0 radical (unpaired) electrons. The van der Waals surface area contributed by atoms with Crippen LogP contribution >= 0.6 is 0 Å². The summed E-state index contributed by atoms with van der Waals surface area (Å²) in [5, 5.41) is 0. The molecule has 88 valence electrons. The van der Waals surface area contributed by atoms with Crippen LogP contribution in [0.2, 0.25) is 0 Å². The zero-order chi connectivity index (χ0) is 11.7. The van der Waals surface area contributed by atoms with E-state index in [9.17, 15) is 4.39 Å². The number of hydrogen-bond acceptors (Lipinski definition) is 2. The highest BCUT2D eigenvalue weighted by molar-refractivity contribution is 5.48. The largest absolute Gasteiger partial charge is 0.364 e. The quantitative estimate of drug-likeness (QED) is 0.719. The van der Waals surface area contributed by atoms with E-state index in [1.54, 1.807) is 0 Å². The van der Waals surface area contributed by atoms with E-state index >= 15 is 0 Å². The molecule has 0 N–H and O–H groups in total. The van der Waals surface area contributed by atoms with Gasteiger partial charge in [0.15, 0.2) is 0 Å². The summed E-state index contributed by atoms with van der Waals surface area (Å²) in [4.78, 5) is 4.72. The van der Waals surface area contributed by atoms with Gasteiger partial charge >= 0.3 is 0 Å². The minimum absolute atomic E-state index is 0.168. The van der Waals surface area contributed by atoms with Gasteiger partial charge in [-0.2, -0.15) is 0 Å². The maximum Gasteiger partial charge on any atom is 0.123 e. The Hall–Kier alpha value is -1.09. The summed E-state index contributed by atoms with van der Waals surface area (Å²) in [6, 6.07) is 7.75. The Morgan fingerprint density at radius 2 is 1.56 bits per heavy atom. The highest BCUT2D eigenvalue weighted by Gasteiger charge is 2.27. The molecule has 0 aliphatic carbocycles. The molecule has 1 heterocycles. The number of anilines is 1. The van der Waals surface area contributed by atoms with Crippen LogP contribution in [0.4, 0.5) is 10.1 Å². The van der Waals surface area contributed by atoms with E-state index < -0.39 is 0 Å². The molecule has 16 heavy (non-hydrogen) atoms. The van der Waals surface area contributed by atoms with Crippen molar-refractivity contribution in [3.63, 3.8) is 0 Å². The number of likely N-dealkylation sites (N-methyl/N-ethyl adjacent to an activating group) is 1. The number of rotatable bonds is 1. The number of hydrogen-bond donors (Lipinski definition) is 0. The molecule has 0 unspecified atom stereocenters. The van der Waals surface area contributed by atoms with Gasteiger partial charge in [0.1, 0.15) is 5.82 Å². The van der Waals surface area contributed by atoms with Gasteiger partial charge in [-0.3, -0.25) is 0 Å². The van der Waals surface area contributed by atoms with Gasteiger partial charge in [-0.1, -0.05) is 0 Å². The maximum absolute atomic E-state index is 12.9. The molecule has 1 aromatic carbocycles. The highest BCUT2D eigenvalue weighted by Crippen LogP contribution is 2.24. The third-order valence-corrected chi connectivity index (χ3v) is 3.23. The van der Waals surface area contributed by atoms with Gasteiger partial charge in [-0.25, -0.2) is 4.39 Å². The van der Waals surface area contributed by atoms with E-state index in [-0.39, 0.29) is 5.82 Å². The van der Waals surface area contributed by atoms with E-state index in [0.29, 0.717) is 12.1 Å². The monoisotopic (exact) mass is 222 g/mol. The van der Waals surface area contributed by atoms with Crippen LogP contribution in [0.15, 0.2) is 24.3 Å². The molecule has 1 fully saturated rings. The molecular weight excluding hydrogens is 203 g/mol. The predicted molar refractivity (Wildman–Crippen MR) is 65.3 cm³/mol. The normalized spacial score (nSPS) is 27.1. The first-order valence-corrected chi connectivity index (χ1v) is 5.80. The van der Waals surface area contributed by atoms with Crippen molar-refractivity contribution in [3.8, 4) is 0 Å². The van der Waals surface area contributed by atoms with Crippen LogP contribution in [0, 0.1) is 5.82 Å². The second-order valence-electron chi connectivity index (χ2n) is 4.80. The number of piperazine rings is 1. The number of benzene rings is 1. The molecule has 1 aliphatic heterocycles. The minimum atomic E-state index is -0.168. The smallest absolute Gasteiger partial charge is 0.123 e. The second kappa shape index (κ2) is 4.42. The highest BCUT2D eigenvalue weighted by atomic mass is 19.1. The molecule has 1 aromatic rings. The fourth-order valence-corrected chi connectivity index (χ4v) is 2.71. The minimum Gasteiger partial charge on any atom is -0.364 e. The van der Waals surface area contributed by atoms with Crippen molar-refractivity contribution in [1.29, 1.82) is 0 Å². The molecule has 3 heteroatoms. The topological polar surface area (TPSA) is 6.48 Å². The summed E-state index contributed by atoms with van der Waals surface area (Å²) in [5.74, 6) is -0.168. The van der Waals surface area contributed by atoms with Crippen molar-refractivity contribution < 1.29 is 4.39 Å². The summed E-state index contributed by atoms with van der Waals surface area (Å²) in [6.07, 6.45) is 0. The first-order chi connectivity index (χ1) is 7.58. The lowest BCUT2D eigenvalue weighted by molar-refractivity contribution is 0.240. The third-order valence-electron chi connectivity index (χ3n) is 3.23. The van der Waals surface area contributed by atoms with Crippen molar-refractivity contribution in [2.45, 2.75) is 25.9 Å². The molecule has 1 aliphatic rings. The standard InChI is InChI=1S/C13H19FN2/c1-10-8-15(3)9-11(2)16(10)13-6-4-12(14)5-7-13/h4-7,10-11H,8-9H2,1-3H3/t10-,11+. The SMILES string of the molecule is C[C@@H]1CN(C)C[C@H](C)N1c1ccc(F)cc1. The lowest BCUT2D eigenvalue weighted by Gasteiger charge is -2.44. The molecule has 0 amide bonds. The average molecular weight is 222 g/mol. The van der Waals surface area contributed by atoms with E-state index in [0.717, 1.165) is 18.8 Å².